The molecule has 1 saturated heterocycles. The highest BCUT2D eigenvalue weighted by Gasteiger charge is 2.48. The van der Waals surface area contributed by atoms with E-state index < -0.39 is 11.7 Å². The lowest BCUT2D eigenvalue weighted by molar-refractivity contribution is 0.0412. The summed E-state index contributed by atoms with van der Waals surface area (Å²) >= 11 is 0. The fraction of sp³-hybridized carbons (Fsp3) is 0.531. The number of methoxy groups -OCH3 is 1. The van der Waals surface area contributed by atoms with E-state index in [1.807, 2.05) is 61.6 Å². The van der Waals surface area contributed by atoms with Gasteiger partial charge < -0.3 is 34.3 Å². The topological polar surface area (TPSA) is 107 Å². The van der Waals surface area contributed by atoms with Crippen molar-refractivity contribution in [3.8, 4) is 5.75 Å². The number of hydrogen-bond donors (Lipinski definition) is 2. The van der Waals surface area contributed by atoms with Gasteiger partial charge in [0.2, 0.25) is 0 Å². The third-order valence-corrected chi connectivity index (χ3v) is 8.56. The number of carbonyl (C=O) groups is 2. The summed E-state index contributed by atoms with van der Waals surface area (Å²) in [6, 6.07) is 3.20. The van der Waals surface area contributed by atoms with E-state index in [1.54, 1.807) is 13.2 Å². The molecule has 2 bridgehead atoms. The lowest BCUT2D eigenvalue weighted by Gasteiger charge is -2.41. The minimum Gasteiger partial charge on any atom is -0.494 e. The van der Waals surface area contributed by atoms with E-state index in [1.165, 1.54) is 12.8 Å². The number of alkyl carbamates (subject to hydrolysis) is 1. The molecule has 4 aliphatic rings. The van der Waals surface area contributed by atoms with Crippen LogP contribution in [0, 0.1) is 11.8 Å². The SMILES string of the molecule is C=C1CN(C(=O)c2cc(OC)c3c(c2)nc(C2=CC=CC(OCC4CC4)N2)n3C)[C@@H]2CC[C@H]1[C@H]2NC(=O)OC(C)(C)C. The number of allylic oxidation sites excluding steroid dienone is 2. The molecule has 1 unspecified atom stereocenters. The lowest BCUT2D eigenvalue weighted by atomic mass is 9.89. The fourth-order valence-electron chi connectivity index (χ4n) is 6.36. The zero-order valence-electron chi connectivity index (χ0n) is 25.1. The van der Waals surface area contributed by atoms with Crippen molar-refractivity contribution < 1.29 is 23.8 Å². The molecule has 224 valence electrons. The zero-order valence-corrected chi connectivity index (χ0v) is 25.1. The van der Waals surface area contributed by atoms with Crippen LogP contribution in [0.3, 0.4) is 0 Å². The van der Waals surface area contributed by atoms with E-state index in [-0.39, 0.29) is 30.1 Å². The monoisotopic (exact) mass is 575 g/mol. The van der Waals surface area contributed by atoms with Gasteiger partial charge in [0.1, 0.15) is 23.1 Å². The number of imidazole rings is 1. The largest absolute Gasteiger partial charge is 0.494 e. The van der Waals surface area contributed by atoms with Gasteiger partial charge in [-0.05, 0) is 76.7 Å². The summed E-state index contributed by atoms with van der Waals surface area (Å²) in [6.45, 7) is 11.0. The van der Waals surface area contributed by atoms with Gasteiger partial charge in [-0.2, -0.15) is 0 Å². The number of benzene rings is 1. The summed E-state index contributed by atoms with van der Waals surface area (Å²) in [4.78, 5) is 33.5. The zero-order chi connectivity index (χ0) is 29.8. The average molecular weight is 576 g/mol. The van der Waals surface area contributed by atoms with Gasteiger partial charge in [0.15, 0.2) is 5.82 Å². The second-order valence-electron chi connectivity index (χ2n) is 12.9. The van der Waals surface area contributed by atoms with Crippen molar-refractivity contribution in [2.45, 2.75) is 70.4 Å². The van der Waals surface area contributed by atoms with Gasteiger partial charge in [0, 0.05) is 25.1 Å². The molecule has 2 aliphatic carbocycles. The lowest BCUT2D eigenvalue weighted by Crippen LogP contribution is -2.58. The molecule has 2 aromatic rings. The third kappa shape index (κ3) is 5.52. The quantitative estimate of drug-likeness (QED) is 0.468. The number of nitrogens with zero attached hydrogens (tertiary/aromatic N) is 3. The first kappa shape index (κ1) is 28.3. The predicted molar refractivity (Wildman–Crippen MR) is 160 cm³/mol. The molecule has 3 fully saturated rings. The first-order chi connectivity index (χ1) is 20.0. The first-order valence-corrected chi connectivity index (χ1v) is 14.8. The summed E-state index contributed by atoms with van der Waals surface area (Å²) in [6.07, 6.45) is 9.38. The number of ether oxygens (including phenoxy) is 3. The fourth-order valence-corrected chi connectivity index (χ4v) is 6.36. The Balaban J connectivity index is 1.26. The van der Waals surface area contributed by atoms with Crippen molar-refractivity contribution in [2.24, 2.45) is 18.9 Å². The van der Waals surface area contributed by atoms with Crippen LogP contribution in [0.15, 0.2) is 42.5 Å². The average Bonchev–Trinajstić information content (AvgIpc) is 3.64. The van der Waals surface area contributed by atoms with Crippen LogP contribution in [0.2, 0.25) is 0 Å². The Hall–Kier alpha value is -3.79. The number of amides is 2. The first-order valence-electron chi connectivity index (χ1n) is 14.8. The Morgan fingerprint density at radius 3 is 2.69 bits per heavy atom. The molecule has 1 aromatic carbocycles. The van der Waals surface area contributed by atoms with Crippen LogP contribution in [0.1, 0.15) is 62.6 Å². The van der Waals surface area contributed by atoms with E-state index in [0.29, 0.717) is 29.3 Å². The highest BCUT2D eigenvalue weighted by Crippen LogP contribution is 2.41. The minimum absolute atomic E-state index is 0.115. The Morgan fingerprint density at radius 2 is 1.98 bits per heavy atom. The van der Waals surface area contributed by atoms with E-state index in [2.05, 4.69) is 17.2 Å². The number of piperidine rings is 1. The van der Waals surface area contributed by atoms with Gasteiger partial charge in [-0.1, -0.05) is 18.2 Å². The highest BCUT2D eigenvalue weighted by molar-refractivity contribution is 6.00. The van der Waals surface area contributed by atoms with Crippen molar-refractivity contribution in [2.75, 3.05) is 20.3 Å². The summed E-state index contributed by atoms with van der Waals surface area (Å²) in [5.41, 5.74) is 3.10. The maximum Gasteiger partial charge on any atom is 0.407 e. The van der Waals surface area contributed by atoms with Crippen molar-refractivity contribution in [3.63, 3.8) is 0 Å². The van der Waals surface area contributed by atoms with Crippen molar-refractivity contribution in [1.82, 2.24) is 25.1 Å². The maximum absolute atomic E-state index is 14.1. The number of dihydropyridines is 1. The molecule has 10 heteroatoms. The van der Waals surface area contributed by atoms with Crippen molar-refractivity contribution >= 4 is 28.7 Å². The maximum atomic E-state index is 14.1. The molecule has 1 aromatic heterocycles. The molecule has 2 aliphatic heterocycles. The molecule has 6 rings (SSSR count). The molecular formula is C32H41N5O5. The second kappa shape index (κ2) is 10.8. The molecule has 0 radical (unpaired) electrons. The van der Waals surface area contributed by atoms with E-state index in [9.17, 15) is 9.59 Å². The number of likely N-dealkylation sites (tertiary alicyclic amines) is 1. The Labute approximate surface area is 246 Å². The summed E-state index contributed by atoms with van der Waals surface area (Å²) in [5, 5.41) is 6.48. The molecule has 4 atom stereocenters. The summed E-state index contributed by atoms with van der Waals surface area (Å²) in [5.74, 6) is 1.93. The van der Waals surface area contributed by atoms with Crippen LogP contribution < -0.4 is 15.4 Å². The van der Waals surface area contributed by atoms with Crippen molar-refractivity contribution in [3.05, 3.63) is 53.9 Å². The molecule has 3 heterocycles. The van der Waals surface area contributed by atoms with E-state index in [0.717, 1.165) is 42.1 Å². The normalized spacial score (nSPS) is 25.3. The number of hydrogen-bond acceptors (Lipinski definition) is 7. The van der Waals surface area contributed by atoms with E-state index in [4.69, 9.17) is 19.2 Å². The van der Waals surface area contributed by atoms with Crippen LogP contribution in [0.4, 0.5) is 4.79 Å². The summed E-state index contributed by atoms with van der Waals surface area (Å²) < 4.78 is 19.3. The number of carbonyl (C=O) groups excluding carboxylic acids is 2. The number of aromatic nitrogens is 2. The number of nitrogens with one attached hydrogen (secondary N) is 2. The van der Waals surface area contributed by atoms with E-state index >= 15 is 0 Å². The van der Waals surface area contributed by atoms with Gasteiger partial charge in [-0.25, -0.2) is 9.78 Å². The van der Waals surface area contributed by atoms with Gasteiger partial charge >= 0.3 is 6.09 Å². The van der Waals surface area contributed by atoms with Gasteiger partial charge in [0.25, 0.3) is 5.91 Å². The Morgan fingerprint density at radius 1 is 1.19 bits per heavy atom. The van der Waals surface area contributed by atoms with Crippen LogP contribution >= 0.6 is 0 Å². The standard InChI is InChI=1S/C32H41N5O5/c1-18-16-37(24-13-12-21(18)27(24)35-31(39)42-32(2,3)4)30(38)20-14-23-28(25(15-20)40-6)36(5)29(34-23)22-8-7-9-26(33-22)41-17-19-10-11-19/h7-9,14-15,19,21,24,26-27,33H,1,10-13,16-17H2,2-6H3,(H,35,39)/t21-,24-,26?,27-/m1/s1. The third-order valence-electron chi connectivity index (χ3n) is 8.56. The van der Waals surface area contributed by atoms with Gasteiger partial charge in [-0.3, -0.25) is 4.79 Å². The predicted octanol–water partition coefficient (Wildman–Crippen LogP) is 4.52. The van der Waals surface area contributed by atoms with Crippen LogP contribution in [0.25, 0.3) is 16.7 Å². The molecule has 0 spiro atoms. The number of fused-ring (bicyclic) bond motifs is 3. The van der Waals surface area contributed by atoms with Crippen LogP contribution in [0.5, 0.6) is 5.75 Å². The van der Waals surface area contributed by atoms with Gasteiger partial charge in [0.05, 0.1) is 37.0 Å². The highest BCUT2D eigenvalue weighted by atomic mass is 16.6. The molecular weight excluding hydrogens is 534 g/mol. The molecule has 42 heavy (non-hydrogen) atoms. The van der Waals surface area contributed by atoms with Crippen LogP contribution in [-0.4, -0.2) is 70.6 Å². The van der Waals surface area contributed by atoms with Crippen molar-refractivity contribution in [1.29, 1.82) is 0 Å². The molecule has 2 N–H and O–H groups in total. The van der Waals surface area contributed by atoms with Crippen LogP contribution in [-0.2, 0) is 16.5 Å². The molecule has 10 nitrogen and oxygen atoms in total. The smallest absolute Gasteiger partial charge is 0.407 e. The van der Waals surface area contributed by atoms with Gasteiger partial charge in [-0.15, -0.1) is 0 Å². The number of aryl methyl sites for hydroxylation is 1. The Kier molecular flexibility index (Phi) is 7.29. The summed E-state index contributed by atoms with van der Waals surface area (Å²) in [7, 11) is 3.54. The molecule has 2 amide bonds. The second-order valence-corrected chi connectivity index (χ2v) is 12.9. The Bertz CT molecular complexity index is 1480. The minimum atomic E-state index is -0.609. The molecule has 2 saturated carbocycles. The number of rotatable bonds is 7.